The highest BCUT2D eigenvalue weighted by molar-refractivity contribution is 6.30. The van der Waals surface area contributed by atoms with Crippen LogP contribution in [-0.2, 0) is 12.0 Å². The second-order valence-corrected chi connectivity index (χ2v) is 6.50. The molecule has 1 fully saturated rings. The van der Waals surface area contributed by atoms with E-state index in [-0.39, 0.29) is 11.6 Å². The van der Waals surface area contributed by atoms with Crippen LogP contribution >= 0.6 is 11.6 Å². The number of carbonyl (C=O) groups excluding carboxylic acids is 1. The summed E-state index contributed by atoms with van der Waals surface area (Å²) < 4.78 is 0. The van der Waals surface area contributed by atoms with E-state index in [9.17, 15) is 4.79 Å². The molecule has 0 bridgehead atoms. The minimum Gasteiger partial charge on any atom is -0.338 e. The third kappa shape index (κ3) is 3.85. The van der Waals surface area contributed by atoms with Gasteiger partial charge in [0.15, 0.2) is 0 Å². The molecule has 0 spiro atoms. The van der Waals surface area contributed by atoms with Gasteiger partial charge in [0.1, 0.15) is 0 Å². The van der Waals surface area contributed by atoms with Gasteiger partial charge in [-0.3, -0.25) is 0 Å². The number of hydrogen-bond donors (Lipinski definition) is 2. The van der Waals surface area contributed by atoms with Crippen LogP contribution in [0.5, 0.6) is 0 Å². The molecule has 0 aliphatic heterocycles. The zero-order valence-electron chi connectivity index (χ0n) is 13.0. The number of hydrogen-bond acceptors (Lipinski definition) is 1. The molecule has 2 N–H and O–H groups in total. The number of urea groups is 1. The van der Waals surface area contributed by atoms with E-state index in [4.69, 9.17) is 11.6 Å². The van der Waals surface area contributed by atoms with E-state index in [1.54, 1.807) is 0 Å². The average Bonchev–Trinajstić information content (AvgIpc) is 2.52. The van der Waals surface area contributed by atoms with Crippen LogP contribution in [0.2, 0.25) is 5.02 Å². The van der Waals surface area contributed by atoms with Gasteiger partial charge in [-0.25, -0.2) is 4.79 Å². The summed E-state index contributed by atoms with van der Waals surface area (Å²) in [5.74, 6) is 0. The van der Waals surface area contributed by atoms with Crippen molar-refractivity contribution < 1.29 is 4.79 Å². The lowest BCUT2D eigenvalue weighted by atomic mass is 9.72. The molecule has 1 aliphatic rings. The van der Waals surface area contributed by atoms with Gasteiger partial charge in [0.2, 0.25) is 0 Å². The number of carbonyl (C=O) groups is 1. The lowest BCUT2D eigenvalue weighted by molar-refractivity contribution is 0.177. The van der Waals surface area contributed by atoms with Gasteiger partial charge in [-0.15, -0.1) is 0 Å². The van der Waals surface area contributed by atoms with Gasteiger partial charge >= 0.3 is 6.03 Å². The number of rotatable bonds is 5. The molecule has 0 heterocycles. The fourth-order valence-corrected chi connectivity index (χ4v) is 3.26. The molecule has 2 aromatic carbocycles. The maximum atomic E-state index is 12.2. The van der Waals surface area contributed by atoms with Gasteiger partial charge in [0.05, 0.1) is 5.54 Å². The zero-order valence-corrected chi connectivity index (χ0v) is 13.8. The highest BCUT2D eigenvalue weighted by atomic mass is 35.5. The first-order valence-electron chi connectivity index (χ1n) is 8.04. The molecule has 3 rings (SSSR count). The summed E-state index contributed by atoms with van der Waals surface area (Å²) in [4.78, 5) is 12.2. The second kappa shape index (κ2) is 7.05. The Morgan fingerprint density at radius 3 is 2.52 bits per heavy atom. The first kappa shape index (κ1) is 15.9. The molecule has 1 saturated carbocycles. The normalized spacial score (nSPS) is 15.5. The third-order valence-corrected chi connectivity index (χ3v) is 4.71. The zero-order chi connectivity index (χ0) is 16.1. The van der Waals surface area contributed by atoms with Crippen molar-refractivity contribution in [3.05, 3.63) is 70.7 Å². The molecule has 120 valence electrons. The molecule has 0 radical (unpaired) electrons. The topological polar surface area (TPSA) is 41.1 Å². The maximum absolute atomic E-state index is 12.2. The van der Waals surface area contributed by atoms with Gasteiger partial charge in [0, 0.05) is 11.6 Å². The summed E-state index contributed by atoms with van der Waals surface area (Å²) in [6, 6.07) is 17.8. The minimum absolute atomic E-state index is 0.101. The Hall–Kier alpha value is -2.00. The van der Waals surface area contributed by atoms with Gasteiger partial charge < -0.3 is 10.6 Å². The van der Waals surface area contributed by atoms with E-state index in [1.165, 1.54) is 5.56 Å². The van der Waals surface area contributed by atoms with Crippen molar-refractivity contribution >= 4 is 17.6 Å². The largest absolute Gasteiger partial charge is 0.338 e. The van der Waals surface area contributed by atoms with Gasteiger partial charge in [-0.05, 0) is 48.9 Å². The summed E-state index contributed by atoms with van der Waals surface area (Å²) in [5.41, 5.74) is 2.12. The predicted molar refractivity (Wildman–Crippen MR) is 93.7 cm³/mol. The van der Waals surface area contributed by atoms with E-state index < -0.39 is 0 Å². The Kier molecular flexibility index (Phi) is 4.87. The summed E-state index contributed by atoms with van der Waals surface area (Å²) in [6.45, 7) is 0.594. The van der Waals surface area contributed by atoms with Crippen LogP contribution in [0.1, 0.15) is 30.4 Å². The smallest absolute Gasteiger partial charge is 0.315 e. The van der Waals surface area contributed by atoms with Crippen LogP contribution in [0.3, 0.4) is 0 Å². The molecular weight excluding hydrogens is 308 g/mol. The third-order valence-electron chi connectivity index (χ3n) is 4.47. The van der Waals surface area contributed by atoms with E-state index in [0.29, 0.717) is 6.54 Å². The molecule has 3 nitrogen and oxygen atoms in total. The second-order valence-electron chi connectivity index (χ2n) is 6.06. The maximum Gasteiger partial charge on any atom is 0.315 e. The van der Waals surface area contributed by atoms with E-state index in [2.05, 4.69) is 22.8 Å². The molecule has 23 heavy (non-hydrogen) atoms. The lowest BCUT2D eigenvalue weighted by Gasteiger charge is -2.43. The fourth-order valence-electron chi connectivity index (χ4n) is 3.05. The van der Waals surface area contributed by atoms with E-state index in [1.807, 2.05) is 42.5 Å². The monoisotopic (exact) mass is 328 g/mol. The standard InChI is InChI=1S/C19H21ClN2O/c20-17-9-4-6-15(14-17)10-13-21-18(23)22-19(11-5-12-19)16-7-2-1-3-8-16/h1-4,6-9,14H,5,10-13H2,(H2,21,22,23). The van der Waals surface area contributed by atoms with Gasteiger partial charge in [-0.1, -0.05) is 54.1 Å². The van der Waals surface area contributed by atoms with Crippen molar-refractivity contribution in [2.24, 2.45) is 0 Å². The van der Waals surface area contributed by atoms with Gasteiger partial charge in [-0.2, -0.15) is 0 Å². The van der Waals surface area contributed by atoms with Gasteiger partial charge in [0.25, 0.3) is 0 Å². The van der Waals surface area contributed by atoms with Crippen LogP contribution in [0.25, 0.3) is 0 Å². The van der Waals surface area contributed by atoms with Crippen molar-refractivity contribution in [2.45, 2.75) is 31.2 Å². The summed E-state index contributed by atoms with van der Waals surface area (Å²) >= 11 is 5.97. The summed E-state index contributed by atoms with van der Waals surface area (Å²) in [7, 11) is 0. The van der Waals surface area contributed by atoms with Crippen molar-refractivity contribution in [2.75, 3.05) is 6.54 Å². The molecule has 2 aromatic rings. The minimum atomic E-state index is -0.193. The lowest BCUT2D eigenvalue weighted by Crippen LogP contribution is -2.54. The SMILES string of the molecule is O=C(NCCc1cccc(Cl)c1)NC1(c2ccccc2)CCC1. The molecule has 1 aliphatic carbocycles. The Morgan fingerprint density at radius 1 is 1.09 bits per heavy atom. The van der Waals surface area contributed by atoms with Crippen LogP contribution in [0.15, 0.2) is 54.6 Å². The summed E-state index contributed by atoms with van der Waals surface area (Å²) in [5, 5.41) is 6.85. The number of halogens is 1. The van der Waals surface area contributed by atoms with Crippen molar-refractivity contribution in [3.63, 3.8) is 0 Å². The first-order valence-corrected chi connectivity index (χ1v) is 8.42. The Morgan fingerprint density at radius 2 is 1.87 bits per heavy atom. The van der Waals surface area contributed by atoms with E-state index >= 15 is 0 Å². The molecular formula is C19H21ClN2O. The van der Waals surface area contributed by atoms with Crippen LogP contribution in [0.4, 0.5) is 4.79 Å². The fraction of sp³-hybridized carbons (Fsp3) is 0.316. The summed E-state index contributed by atoms with van der Waals surface area (Å²) in [6.07, 6.45) is 3.92. The van der Waals surface area contributed by atoms with E-state index in [0.717, 1.165) is 36.3 Å². The predicted octanol–water partition coefficient (Wildman–Crippen LogP) is 4.26. The number of amides is 2. The van der Waals surface area contributed by atoms with Crippen LogP contribution < -0.4 is 10.6 Å². The van der Waals surface area contributed by atoms with Crippen LogP contribution in [-0.4, -0.2) is 12.6 Å². The highest BCUT2D eigenvalue weighted by Gasteiger charge is 2.39. The Balaban J connectivity index is 1.53. The first-order chi connectivity index (χ1) is 11.2. The van der Waals surface area contributed by atoms with Crippen LogP contribution in [0, 0.1) is 0 Å². The Labute approximate surface area is 142 Å². The highest BCUT2D eigenvalue weighted by Crippen LogP contribution is 2.40. The van der Waals surface area contributed by atoms with Crippen molar-refractivity contribution in [1.29, 1.82) is 0 Å². The molecule has 0 atom stereocenters. The molecule has 0 unspecified atom stereocenters. The number of nitrogens with one attached hydrogen (secondary N) is 2. The molecule has 0 saturated heterocycles. The van der Waals surface area contributed by atoms with Crippen molar-refractivity contribution in [3.8, 4) is 0 Å². The molecule has 4 heteroatoms. The van der Waals surface area contributed by atoms with Crippen molar-refractivity contribution in [1.82, 2.24) is 10.6 Å². The average molecular weight is 329 g/mol. The number of benzene rings is 2. The molecule has 2 amide bonds. The Bertz CT molecular complexity index is 668. The molecule has 0 aromatic heterocycles. The quantitative estimate of drug-likeness (QED) is 0.846.